The fourth-order valence-corrected chi connectivity index (χ4v) is 1.95. The highest BCUT2D eigenvalue weighted by atomic mass is 16.6. The molecule has 0 saturated carbocycles. The first kappa shape index (κ1) is 14.2. The summed E-state index contributed by atoms with van der Waals surface area (Å²) in [5.74, 6) is 0. The Balaban J connectivity index is 2.41. The summed E-state index contributed by atoms with van der Waals surface area (Å²) in [7, 11) is 0. The van der Waals surface area contributed by atoms with E-state index in [1.54, 1.807) is 18.5 Å². The Bertz CT molecular complexity index is 638. The normalized spacial score (nSPS) is 11.6. The number of benzene rings is 1. The first-order chi connectivity index (χ1) is 9.44. The minimum absolute atomic E-state index is 0.0911. The van der Waals surface area contributed by atoms with Gasteiger partial charge in [-0.2, -0.15) is 0 Å². The summed E-state index contributed by atoms with van der Waals surface area (Å²) in [4.78, 5) is 14.7. The molecule has 0 spiro atoms. The first-order valence-corrected chi connectivity index (χ1v) is 6.69. The molecule has 0 aliphatic rings. The number of aromatic nitrogens is 1. The Kier molecular flexibility index (Phi) is 3.88. The molecule has 5 heteroatoms. The predicted octanol–water partition coefficient (Wildman–Crippen LogP) is 3.99. The van der Waals surface area contributed by atoms with Gasteiger partial charge in [-0.05, 0) is 24.0 Å². The largest absolute Gasteiger partial charge is 0.384 e. The Labute approximate surface area is 118 Å². The van der Waals surface area contributed by atoms with Gasteiger partial charge in [0.05, 0.1) is 10.3 Å². The van der Waals surface area contributed by atoms with E-state index in [-0.39, 0.29) is 16.0 Å². The van der Waals surface area contributed by atoms with E-state index in [9.17, 15) is 10.1 Å². The van der Waals surface area contributed by atoms with Crippen molar-refractivity contribution >= 4 is 22.1 Å². The lowest BCUT2D eigenvalue weighted by atomic mass is 9.90. The van der Waals surface area contributed by atoms with Crippen LogP contribution >= 0.6 is 0 Å². The molecule has 1 N–H and O–H groups in total. The van der Waals surface area contributed by atoms with Crippen LogP contribution in [-0.4, -0.2) is 16.5 Å². The molecule has 0 amide bonds. The number of fused-ring (bicyclic) bond motifs is 1. The van der Waals surface area contributed by atoms with Crippen LogP contribution in [0, 0.1) is 15.5 Å². The molecule has 0 saturated heterocycles. The van der Waals surface area contributed by atoms with Crippen molar-refractivity contribution < 1.29 is 4.92 Å². The zero-order chi connectivity index (χ0) is 14.8. The molecule has 0 atom stereocenters. The number of pyridine rings is 1. The highest BCUT2D eigenvalue weighted by Crippen LogP contribution is 2.31. The fourth-order valence-electron chi connectivity index (χ4n) is 1.95. The van der Waals surface area contributed by atoms with E-state index in [0.29, 0.717) is 5.39 Å². The highest BCUT2D eigenvalue weighted by molar-refractivity contribution is 5.99. The lowest BCUT2D eigenvalue weighted by Gasteiger charge is -2.24. The van der Waals surface area contributed by atoms with E-state index >= 15 is 0 Å². The fraction of sp³-hybridized carbons (Fsp3) is 0.400. The number of hydrogen-bond donors (Lipinski definition) is 1. The monoisotopic (exact) mass is 273 g/mol. The van der Waals surface area contributed by atoms with Gasteiger partial charge in [0, 0.05) is 36.1 Å². The van der Waals surface area contributed by atoms with Crippen LogP contribution in [0.4, 0.5) is 11.4 Å². The van der Waals surface area contributed by atoms with Gasteiger partial charge in [-0.1, -0.05) is 20.8 Å². The second-order valence-corrected chi connectivity index (χ2v) is 5.68. The molecule has 2 aromatic rings. The molecule has 0 radical (unpaired) electrons. The lowest BCUT2D eigenvalue weighted by molar-refractivity contribution is -0.383. The van der Waals surface area contributed by atoms with Crippen LogP contribution in [0.25, 0.3) is 10.8 Å². The minimum Gasteiger partial charge on any atom is -0.384 e. The summed E-state index contributed by atoms with van der Waals surface area (Å²) in [5, 5.41) is 15.8. The van der Waals surface area contributed by atoms with E-state index in [4.69, 9.17) is 0 Å². The Morgan fingerprint density at radius 3 is 2.70 bits per heavy atom. The van der Waals surface area contributed by atoms with Crippen LogP contribution in [0.15, 0.2) is 30.6 Å². The molecule has 0 fully saturated rings. The molecule has 0 aliphatic carbocycles. The van der Waals surface area contributed by atoms with Gasteiger partial charge in [-0.3, -0.25) is 15.1 Å². The van der Waals surface area contributed by atoms with Gasteiger partial charge in [-0.25, -0.2) is 0 Å². The van der Waals surface area contributed by atoms with Crippen molar-refractivity contribution in [1.82, 2.24) is 4.98 Å². The maximum absolute atomic E-state index is 11.0. The highest BCUT2D eigenvalue weighted by Gasteiger charge is 2.17. The minimum atomic E-state index is -0.371. The van der Waals surface area contributed by atoms with Gasteiger partial charge >= 0.3 is 0 Å². The summed E-state index contributed by atoms with van der Waals surface area (Å²) in [6.07, 6.45) is 4.26. The number of nitro benzene ring substituents is 1. The van der Waals surface area contributed by atoms with Crippen molar-refractivity contribution in [3.05, 3.63) is 40.7 Å². The number of non-ortho nitro benzene ring substituents is 1. The van der Waals surface area contributed by atoms with E-state index in [0.717, 1.165) is 24.0 Å². The van der Waals surface area contributed by atoms with Gasteiger partial charge in [-0.15, -0.1) is 0 Å². The smallest absolute Gasteiger partial charge is 0.278 e. The predicted molar refractivity (Wildman–Crippen MR) is 81.0 cm³/mol. The zero-order valence-corrected chi connectivity index (χ0v) is 12.0. The van der Waals surface area contributed by atoms with Crippen LogP contribution in [0.3, 0.4) is 0 Å². The molecular weight excluding hydrogens is 254 g/mol. The lowest BCUT2D eigenvalue weighted by Crippen LogP contribution is -2.22. The van der Waals surface area contributed by atoms with Crippen LogP contribution < -0.4 is 5.32 Å². The molecule has 1 aromatic heterocycles. The molecule has 0 bridgehead atoms. The molecule has 106 valence electrons. The van der Waals surface area contributed by atoms with Crippen LogP contribution in [0.2, 0.25) is 0 Å². The van der Waals surface area contributed by atoms with Crippen molar-refractivity contribution in [2.45, 2.75) is 27.2 Å². The van der Waals surface area contributed by atoms with Gasteiger partial charge in [0.1, 0.15) is 0 Å². The number of nitro groups is 1. The van der Waals surface area contributed by atoms with E-state index < -0.39 is 0 Å². The van der Waals surface area contributed by atoms with Crippen LogP contribution in [0.5, 0.6) is 0 Å². The van der Waals surface area contributed by atoms with Gasteiger partial charge < -0.3 is 5.32 Å². The van der Waals surface area contributed by atoms with Crippen LogP contribution in [0.1, 0.15) is 27.2 Å². The number of anilines is 1. The van der Waals surface area contributed by atoms with E-state index in [2.05, 4.69) is 31.1 Å². The van der Waals surface area contributed by atoms with Crippen molar-refractivity contribution in [3.8, 4) is 0 Å². The molecule has 0 aliphatic heterocycles. The third-order valence-electron chi connectivity index (χ3n) is 3.71. The molecule has 20 heavy (non-hydrogen) atoms. The summed E-state index contributed by atoms with van der Waals surface area (Å²) in [5.41, 5.74) is 1.18. The molecule has 1 aromatic carbocycles. The second-order valence-electron chi connectivity index (χ2n) is 5.68. The van der Waals surface area contributed by atoms with Crippen LogP contribution in [-0.2, 0) is 0 Å². The third-order valence-corrected chi connectivity index (χ3v) is 3.71. The number of nitrogens with one attached hydrogen (secondary N) is 1. The molecular formula is C15H19N3O2. The summed E-state index contributed by atoms with van der Waals surface area (Å²) < 4.78 is 0. The average Bonchev–Trinajstić information content (AvgIpc) is 2.44. The zero-order valence-electron chi connectivity index (χ0n) is 12.0. The average molecular weight is 273 g/mol. The summed E-state index contributed by atoms with van der Waals surface area (Å²) in [6, 6.07) is 5.11. The van der Waals surface area contributed by atoms with Crippen molar-refractivity contribution in [1.29, 1.82) is 0 Å². The maximum Gasteiger partial charge on any atom is 0.278 e. The van der Waals surface area contributed by atoms with Gasteiger partial charge in [0.2, 0.25) is 0 Å². The summed E-state index contributed by atoms with van der Waals surface area (Å²) in [6.45, 7) is 7.35. The number of nitrogens with zero attached hydrogens (tertiary/aromatic N) is 2. The van der Waals surface area contributed by atoms with Crippen molar-refractivity contribution in [3.63, 3.8) is 0 Å². The topological polar surface area (TPSA) is 68.1 Å². The second kappa shape index (κ2) is 5.45. The van der Waals surface area contributed by atoms with Gasteiger partial charge in [0.25, 0.3) is 5.69 Å². The van der Waals surface area contributed by atoms with E-state index in [1.165, 1.54) is 6.07 Å². The standard InChI is InChI=1S/C15H19N3O2/c1-4-15(2,3)10-17-13-5-6-14(18(19)20)12-9-16-8-7-11(12)13/h5-9,17H,4,10H2,1-3H3. The number of rotatable bonds is 5. The van der Waals surface area contributed by atoms with Crippen molar-refractivity contribution in [2.24, 2.45) is 5.41 Å². The first-order valence-electron chi connectivity index (χ1n) is 6.69. The van der Waals surface area contributed by atoms with Gasteiger partial charge in [0.15, 0.2) is 0 Å². The molecule has 1 heterocycles. The van der Waals surface area contributed by atoms with Crippen molar-refractivity contribution in [2.75, 3.05) is 11.9 Å². The Hall–Kier alpha value is -2.17. The Morgan fingerprint density at radius 2 is 2.05 bits per heavy atom. The maximum atomic E-state index is 11.0. The SMILES string of the molecule is CCC(C)(C)CNc1ccc([N+](=O)[O-])c2cnccc12. The Morgan fingerprint density at radius 1 is 1.30 bits per heavy atom. The molecule has 0 unspecified atom stereocenters. The third kappa shape index (κ3) is 2.87. The summed E-state index contributed by atoms with van der Waals surface area (Å²) >= 11 is 0. The molecule has 2 rings (SSSR count). The van der Waals surface area contributed by atoms with E-state index in [1.807, 2.05) is 6.07 Å². The molecule has 5 nitrogen and oxygen atoms in total. The number of hydrogen-bond acceptors (Lipinski definition) is 4. The quantitative estimate of drug-likeness (QED) is 0.660.